The number of ether oxygens (including phenoxy) is 1. The van der Waals surface area contributed by atoms with E-state index in [9.17, 15) is 0 Å². The van der Waals surface area contributed by atoms with Gasteiger partial charge in [0.05, 0.1) is 12.2 Å². The second-order valence-electron chi connectivity index (χ2n) is 4.55. The molecule has 5 heteroatoms. The molecule has 102 valence electrons. The summed E-state index contributed by atoms with van der Waals surface area (Å²) in [4.78, 5) is 4.35. The van der Waals surface area contributed by atoms with Gasteiger partial charge < -0.3 is 15.0 Å². The zero-order valence-electron chi connectivity index (χ0n) is 11.2. The standard InChI is InChI=1S/C15H15N3O2/c1-19-7-6-14-17-15(20-18-14)12-8-10-4-2-3-5-11(10)9-13(12)16/h2-5,8-9H,6-7,16H2,1H3. The molecule has 2 N–H and O–H groups in total. The van der Waals surface area contributed by atoms with E-state index in [-0.39, 0.29) is 0 Å². The van der Waals surface area contributed by atoms with Crippen LogP contribution in [0.15, 0.2) is 40.9 Å². The predicted molar refractivity (Wildman–Crippen MR) is 77.2 cm³/mol. The maximum absolute atomic E-state index is 6.08. The summed E-state index contributed by atoms with van der Waals surface area (Å²) in [6.45, 7) is 0.562. The van der Waals surface area contributed by atoms with Gasteiger partial charge in [-0.25, -0.2) is 0 Å². The third kappa shape index (κ3) is 2.35. The van der Waals surface area contributed by atoms with Crippen LogP contribution in [0.3, 0.4) is 0 Å². The largest absolute Gasteiger partial charge is 0.398 e. The third-order valence-electron chi connectivity index (χ3n) is 3.15. The summed E-state index contributed by atoms with van der Waals surface area (Å²) in [5.74, 6) is 1.06. The van der Waals surface area contributed by atoms with Crippen molar-refractivity contribution < 1.29 is 9.26 Å². The van der Waals surface area contributed by atoms with E-state index in [1.54, 1.807) is 7.11 Å². The van der Waals surface area contributed by atoms with Gasteiger partial charge in [-0.3, -0.25) is 0 Å². The van der Waals surface area contributed by atoms with Crippen LogP contribution in [-0.2, 0) is 11.2 Å². The Morgan fingerprint density at radius 1 is 1.20 bits per heavy atom. The number of aromatic nitrogens is 2. The molecule has 3 rings (SSSR count). The van der Waals surface area contributed by atoms with Crippen LogP contribution in [0.25, 0.3) is 22.2 Å². The lowest BCUT2D eigenvalue weighted by Gasteiger charge is -2.04. The summed E-state index contributed by atoms with van der Waals surface area (Å²) >= 11 is 0. The van der Waals surface area contributed by atoms with E-state index in [0.717, 1.165) is 16.3 Å². The van der Waals surface area contributed by atoms with Gasteiger partial charge in [0, 0.05) is 19.2 Å². The number of rotatable bonds is 4. The molecule has 3 aromatic rings. The molecule has 0 aliphatic carbocycles. The highest BCUT2D eigenvalue weighted by atomic mass is 16.5. The number of nitrogens with zero attached hydrogens (tertiary/aromatic N) is 2. The molecule has 20 heavy (non-hydrogen) atoms. The molecule has 0 fully saturated rings. The molecule has 5 nitrogen and oxygen atoms in total. The summed E-state index contributed by atoms with van der Waals surface area (Å²) in [6, 6.07) is 11.9. The quantitative estimate of drug-likeness (QED) is 0.737. The maximum atomic E-state index is 6.08. The molecule has 0 spiro atoms. The van der Waals surface area contributed by atoms with E-state index >= 15 is 0 Å². The molecule has 0 aliphatic heterocycles. The number of methoxy groups -OCH3 is 1. The molecule has 0 saturated heterocycles. The van der Waals surface area contributed by atoms with Gasteiger partial charge in [0.15, 0.2) is 5.82 Å². The van der Waals surface area contributed by atoms with E-state index < -0.39 is 0 Å². The smallest absolute Gasteiger partial charge is 0.260 e. The lowest BCUT2D eigenvalue weighted by atomic mass is 10.1. The Bertz CT molecular complexity index is 737. The highest BCUT2D eigenvalue weighted by Crippen LogP contribution is 2.29. The number of hydrogen-bond donors (Lipinski definition) is 1. The van der Waals surface area contributed by atoms with Gasteiger partial charge >= 0.3 is 0 Å². The van der Waals surface area contributed by atoms with Crippen LogP contribution in [0.4, 0.5) is 5.69 Å². The summed E-state index contributed by atoms with van der Waals surface area (Å²) in [5, 5.41) is 6.11. The van der Waals surface area contributed by atoms with Crippen LogP contribution in [0, 0.1) is 0 Å². The normalized spacial score (nSPS) is 11.1. The van der Waals surface area contributed by atoms with Crippen LogP contribution < -0.4 is 5.73 Å². The van der Waals surface area contributed by atoms with Crippen molar-refractivity contribution in [2.75, 3.05) is 19.5 Å². The fourth-order valence-corrected chi connectivity index (χ4v) is 2.10. The Hall–Kier alpha value is -2.40. The van der Waals surface area contributed by atoms with Crippen LogP contribution in [-0.4, -0.2) is 23.9 Å². The van der Waals surface area contributed by atoms with E-state index in [1.165, 1.54) is 0 Å². The summed E-state index contributed by atoms with van der Waals surface area (Å²) in [5.41, 5.74) is 7.47. The van der Waals surface area contributed by atoms with Crippen molar-refractivity contribution >= 4 is 16.5 Å². The molecule has 1 heterocycles. The first-order chi connectivity index (χ1) is 9.78. The molecule has 1 aromatic heterocycles. The second kappa shape index (κ2) is 5.30. The highest BCUT2D eigenvalue weighted by Gasteiger charge is 2.12. The summed E-state index contributed by atoms with van der Waals surface area (Å²) in [7, 11) is 1.64. The summed E-state index contributed by atoms with van der Waals surface area (Å²) < 4.78 is 10.3. The number of nitrogen functional groups attached to an aromatic ring is 1. The zero-order valence-corrected chi connectivity index (χ0v) is 11.2. The van der Waals surface area contributed by atoms with E-state index in [2.05, 4.69) is 10.1 Å². The fraction of sp³-hybridized carbons (Fsp3) is 0.200. The zero-order chi connectivity index (χ0) is 13.9. The molecule has 0 saturated carbocycles. The van der Waals surface area contributed by atoms with Crippen LogP contribution in [0.5, 0.6) is 0 Å². The number of hydrogen-bond acceptors (Lipinski definition) is 5. The Labute approximate surface area is 116 Å². The fourth-order valence-electron chi connectivity index (χ4n) is 2.10. The lowest BCUT2D eigenvalue weighted by Crippen LogP contribution is -1.96. The Morgan fingerprint density at radius 2 is 1.95 bits per heavy atom. The topological polar surface area (TPSA) is 74.2 Å². The molecule has 0 radical (unpaired) electrons. The second-order valence-corrected chi connectivity index (χ2v) is 4.55. The molecule has 0 amide bonds. The van der Waals surface area contributed by atoms with Gasteiger partial charge in [-0.1, -0.05) is 29.4 Å². The van der Waals surface area contributed by atoms with E-state index in [1.807, 2.05) is 36.4 Å². The molecule has 0 bridgehead atoms. The number of nitrogens with two attached hydrogens (primary N) is 1. The van der Waals surface area contributed by atoms with Crippen molar-refractivity contribution in [1.82, 2.24) is 10.1 Å². The van der Waals surface area contributed by atoms with Crippen molar-refractivity contribution in [1.29, 1.82) is 0 Å². The van der Waals surface area contributed by atoms with Gasteiger partial charge in [0.25, 0.3) is 5.89 Å². The van der Waals surface area contributed by atoms with Gasteiger partial charge in [0.2, 0.25) is 0 Å². The Kier molecular flexibility index (Phi) is 3.35. The van der Waals surface area contributed by atoms with Crippen molar-refractivity contribution in [3.8, 4) is 11.5 Å². The van der Waals surface area contributed by atoms with Crippen molar-refractivity contribution in [3.05, 3.63) is 42.2 Å². The van der Waals surface area contributed by atoms with Crippen LogP contribution in [0.1, 0.15) is 5.82 Å². The molecule has 0 unspecified atom stereocenters. The first kappa shape index (κ1) is 12.6. The third-order valence-corrected chi connectivity index (χ3v) is 3.15. The van der Waals surface area contributed by atoms with E-state index in [4.69, 9.17) is 15.0 Å². The first-order valence-electron chi connectivity index (χ1n) is 6.38. The van der Waals surface area contributed by atoms with E-state index in [0.29, 0.717) is 30.4 Å². The van der Waals surface area contributed by atoms with Crippen LogP contribution >= 0.6 is 0 Å². The van der Waals surface area contributed by atoms with Crippen molar-refractivity contribution in [2.45, 2.75) is 6.42 Å². The van der Waals surface area contributed by atoms with Crippen molar-refractivity contribution in [2.24, 2.45) is 0 Å². The average molecular weight is 269 g/mol. The molecule has 0 aliphatic rings. The van der Waals surface area contributed by atoms with Gasteiger partial charge in [-0.05, 0) is 22.9 Å². The SMILES string of the molecule is COCCc1noc(-c2cc3ccccc3cc2N)n1. The Morgan fingerprint density at radius 3 is 2.70 bits per heavy atom. The number of fused-ring (bicyclic) bond motifs is 1. The highest BCUT2D eigenvalue weighted by molar-refractivity contribution is 5.92. The van der Waals surface area contributed by atoms with Crippen molar-refractivity contribution in [3.63, 3.8) is 0 Å². The molecule has 0 atom stereocenters. The Balaban J connectivity index is 2.00. The minimum atomic E-state index is 0.444. The molecule has 2 aromatic carbocycles. The minimum Gasteiger partial charge on any atom is -0.398 e. The number of benzene rings is 2. The predicted octanol–water partition coefficient (Wildman–Crippen LogP) is 2.66. The van der Waals surface area contributed by atoms with Gasteiger partial charge in [-0.15, -0.1) is 0 Å². The maximum Gasteiger partial charge on any atom is 0.260 e. The molecular weight excluding hydrogens is 254 g/mol. The monoisotopic (exact) mass is 269 g/mol. The average Bonchev–Trinajstić information content (AvgIpc) is 2.93. The molecular formula is C15H15N3O2. The van der Waals surface area contributed by atoms with Gasteiger partial charge in [0.1, 0.15) is 0 Å². The minimum absolute atomic E-state index is 0.444. The first-order valence-corrected chi connectivity index (χ1v) is 6.38. The summed E-state index contributed by atoms with van der Waals surface area (Å²) in [6.07, 6.45) is 0.619. The number of anilines is 1. The lowest BCUT2D eigenvalue weighted by molar-refractivity contribution is 0.199. The van der Waals surface area contributed by atoms with Gasteiger partial charge in [-0.2, -0.15) is 4.98 Å². The van der Waals surface area contributed by atoms with Crippen LogP contribution in [0.2, 0.25) is 0 Å².